The van der Waals surface area contributed by atoms with Crippen molar-refractivity contribution in [3.63, 3.8) is 0 Å². The van der Waals surface area contributed by atoms with E-state index in [1.807, 2.05) is 54.6 Å². The number of carbonyl (C=O) groups excluding carboxylic acids is 1. The number of benzene rings is 2. The summed E-state index contributed by atoms with van der Waals surface area (Å²) in [6.45, 7) is 2.83. The summed E-state index contributed by atoms with van der Waals surface area (Å²) in [5, 5.41) is 9.09. The molecular formula is C20H20N2O2. The maximum atomic E-state index is 12.6. The number of carbonyl (C=O) groups is 1. The smallest absolute Gasteiger partial charge is 0.179 e. The van der Waals surface area contributed by atoms with E-state index in [9.17, 15) is 4.79 Å². The highest BCUT2D eigenvalue weighted by molar-refractivity contribution is 5.89. The SMILES string of the molecule is CC(=O)C1(c2ccccc2Oc2ccccc2)CCN(C#N)CC1. The zero-order valence-electron chi connectivity index (χ0n) is 13.7. The van der Waals surface area contributed by atoms with E-state index in [1.165, 1.54) is 0 Å². The highest BCUT2D eigenvalue weighted by Crippen LogP contribution is 2.42. The second-order valence-corrected chi connectivity index (χ2v) is 6.14. The molecule has 1 aliphatic heterocycles. The number of piperidine rings is 1. The summed E-state index contributed by atoms with van der Waals surface area (Å²) in [6, 6.07) is 17.3. The number of likely N-dealkylation sites (tertiary alicyclic amines) is 1. The Labute approximate surface area is 142 Å². The number of hydrogen-bond donors (Lipinski definition) is 0. The standard InChI is InChI=1S/C20H20N2O2/c1-16(23)20(11-13-22(15-21)14-12-20)18-9-5-6-10-19(18)24-17-7-3-2-4-8-17/h2-10H,11-14H2,1H3. The number of ether oxygens (including phenoxy) is 1. The third kappa shape index (κ3) is 2.98. The summed E-state index contributed by atoms with van der Waals surface area (Å²) in [4.78, 5) is 14.3. The molecule has 0 unspecified atom stereocenters. The van der Waals surface area contributed by atoms with Crippen LogP contribution in [0, 0.1) is 11.5 Å². The molecule has 0 bridgehead atoms. The van der Waals surface area contributed by atoms with E-state index < -0.39 is 5.41 Å². The van der Waals surface area contributed by atoms with Gasteiger partial charge in [0.2, 0.25) is 0 Å². The van der Waals surface area contributed by atoms with E-state index in [0.717, 1.165) is 11.3 Å². The molecule has 0 N–H and O–H groups in total. The summed E-state index contributed by atoms with van der Waals surface area (Å²) in [7, 11) is 0. The van der Waals surface area contributed by atoms with Crippen LogP contribution in [-0.2, 0) is 10.2 Å². The Hall–Kier alpha value is -2.80. The fourth-order valence-corrected chi connectivity index (χ4v) is 3.37. The maximum absolute atomic E-state index is 12.6. The lowest BCUT2D eigenvalue weighted by Gasteiger charge is -2.39. The molecule has 0 aromatic heterocycles. The van der Waals surface area contributed by atoms with Gasteiger partial charge in [-0.1, -0.05) is 36.4 Å². The van der Waals surface area contributed by atoms with Gasteiger partial charge in [-0.2, -0.15) is 5.26 Å². The van der Waals surface area contributed by atoms with Gasteiger partial charge in [0, 0.05) is 18.7 Å². The van der Waals surface area contributed by atoms with Gasteiger partial charge in [-0.05, 0) is 38.0 Å². The Morgan fingerprint density at radius 1 is 1.08 bits per heavy atom. The van der Waals surface area contributed by atoms with Gasteiger partial charge in [-0.25, -0.2) is 0 Å². The van der Waals surface area contributed by atoms with E-state index in [2.05, 4.69) is 6.19 Å². The second kappa shape index (κ2) is 6.76. The summed E-state index contributed by atoms with van der Waals surface area (Å²) < 4.78 is 6.06. The number of rotatable bonds is 4. The zero-order valence-corrected chi connectivity index (χ0v) is 13.7. The molecule has 0 aliphatic carbocycles. The van der Waals surface area contributed by atoms with Crippen molar-refractivity contribution in [2.45, 2.75) is 25.2 Å². The predicted octanol–water partition coefficient (Wildman–Crippen LogP) is 3.88. The van der Waals surface area contributed by atoms with Crippen LogP contribution in [0.3, 0.4) is 0 Å². The van der Waals surface area contributed by atoms with Crippen molar-refractivity contribution < 1.29 is 9.53 Å². The van der Waals surface area contributed by atoms with Crippen molar-refractivity contribution in [2.24, 2.45) is 0 Å². The Kier molecular flexibility index (Phi) is 4.52. The minimum absolute atomic E-state index is 0.129. The molecule has 4 nitrogen and oxygen atoms in total. The normalized spacial score (nSPS) is 16.2. The van der Waals surface area contributed by atoms with Crippen molar-refractivity contribution in [1.29, 1.82) is 5.26 Å². The lowest BCUT2D eigenvalue weighted by molar-refractivity contribution is -0.124. The largest absolute Gasteiger partial charge is 0.457 e. The number of para-hydroxylation sites is 2. The third-order valence-electron chi connectivity index (χ3n) is 4.81. The lowest BCUT2D eigenvalue weighted by atomic mass is 9.70. The van der Waals surface area contributed by atoms with E-state index in [0.29, 0.717) is 31.7 Å². The van der Waals surface area contributed by atoms with Crippen molar-refractivity contribution in [3.05, 3.63) is 60.2 Å². The van der Waals surface area contributed by atoms with Crippen LogP contribution in [0.25, 0.3) is 0 Å². The molecule has 0 amide bonds. The first kappa shape index (κ1) is 16.1. The zero-order chi connectivity index (χ0) is 17.0. The predicted molar refractivity (Wildman–Crippen MR) is 91.7 cm³/mol. The van der Waals surface area contributed by atoms with Gasteiger partial charge < -0.3 is 9.64 Å². The van der Waals surface area contributed by atoms with Crippen LogP contribution in [0.5, 0.6) is 11.5 Å². The fraction of sp³-hybridized carbons (Fsp3) is 0.300. The van der Waals surface area contributed by atoms with Crippen LogP contribution in [0.1, 0.15) is 25.3 Å². The molecule has 1 fully saturated rings. The van der Waals surface area contributed by atoms with Gasteiger partial charge in [0.05, 0.1) is 5.41 Å². The maximum Gasteiger partial charge on any atom is 0.179 e. The van der Waals surface area contributed by atoms with E-state index in [1.54, 1.807) is 11.8 Å². The van der Waals surface area contributed by atoms with Gasteiger partial charge in [0.1, 0.15) is 17.3 Å². The molecule has 1 saturated heterocycles. The topological polar surface area (TPSA) is 53.3 Å². The van der Waals surface area contributed by atoms with Crippen molar-refractivity contribution in [1.82, 2.24) is 4.90 Å². The van der Waals surface area contributed by atoms with Crippen molar-refractivity contribution >= 4 is 5.78 Å². The number of nitriles is 1. The Balaban J connectivity index is 1.98. The highest BCUT2D eigenvalue weighted by Gasteiger charge is 2.42. The van der Waals surface area contributed by atoms with Crippen molar-refractivity contribution in [2.75, 3.05) is 13.1 Å². The fourth-order valence-electron chi connectivity index (χ4n) is 3.37. The number of ketones is 1. The molecule has 122 valence electrons. The summed E-state index contributed by atoms with van der Waals surface area (Å²) >= 11 is 0. The average molecular weight is 320 g/mol. The Morgan fingerprint density at radius 2 is 1.71 bits per heavy atom. The molecule has 1 aliphatic rings. The van der Waals surface area contributed by atoms with Crippen LogP contribution in [-0.4, -0.2) is 23.8 Å². The quantitative estimate of drug-likeness (QED) is 0.802. The summed E-state index contributed by atoms with van der Waals surface area (Å²) in [5.74, 6) is 1.59. The Bertz CT molecular complexity index is 757. The van der Waals surface area contributed by atoms with Crippen LogP contribution < -0.4 is 4.74 Å². The molecule has 2 aromatic carbocycles. The van der Waals surface area contributed by atoms with Gasteiger partial charge in [0.15, 0.2) is 6.19 Å². The lowest BCUT2D eigenvalue weighted by Crippen LogP contribution is -2.45. The number of Topliss-reactive ketones (excluding diaryl/α,β-unsaturated/α-hetero) is 1. The van der Waals surface area contributed by atoms with Crippen LogP contribution >= 0.6 is 0 Å². The van der Waals surface area contributed by atoms with Gasteiger partial charge in [-0.3, -0.25) is 4.79 Å². The van der Waals surface area contributed by atoms with Gasteiger partial charge in [-0.15, -0.1) is 0 Å². The van der Waals surface area contributed by atoms with Crippen LogP contribution in [0.15, 0.2) is 54.6 Å². The second-order valence-electron chi connectivity index (χ2n) is 6.14. The molecular weight excluding hydrogens is 300 g/mol. The first-order chi connectivity index (χ1) is 11.7. The molecule has 0 saturated carbocycles. The molecule has 24 heavy (non-hydrogen) atoms. The van der Waals surface area contributed by atoms with E-state index in [4.69, 9.17) is 10.00 Å². The summed E-state index contributed by atoms with van der Waals surface area (Å²) in [5.41, 5.74) is 0.331. The molecule has 1 heterocycles. The molecule has 2 aromatic rings. The number of nitrogens with zero attached hydrogens (tertiary/aromatic N) is 2. The monoisotopic (exact) mass is 320 g/mol. The molecule has 0 spiro atoms. The number of hydrogen-bond acceptors (Lipinski definition) is 4. The van der Waals surface area contributed by atoms with Gasteiger partial charge in [0.25, 0.3) is 0 Å². The average Bonchev–Trinajstić information content (AvgIpc) is 2.63. The highest BCUT2D eigenvalue weighted by atomic mass is 16.5. The molecule has 0 atom stereocenters. The first-order valence-electron chi connectivity index (χ1n) is 8.14. The molecule has 3 rings (SSSR count). The van der Waals surface area contributed by atoms with Gasteiger partial charge >= 0.3 is 0 Å². The molecule has 4 heteroatoms. The van der Waals surface area contributed by atoms with E-state index in [-0.39, 0.29) is 5.78 Å². The molecule has 0 radical (unpaired) electrons. The first-order valence-corrected chi connectivity index (χ1v) is 8.14. The minimum Gasteiger partial charge on any atom is -0.457 e. The summed E-state index contributed by atoms with van der Waals surface area (Å²) in [6.07, 6.45) is 3.44. The third-order valence-corrected chi connectivity index (χ3v) is 4.81. The van der Waals surface area contributed by atoms with Crippen LogP contribution in [0.2, 0.25) is 0 Å². The van der Waals surface area contributed by atoms with Crippen molar-refractivity contribution in [3.8, 4) is 17.7 Å². The van der Waals surface area contributed by atoms with E-state index >= 15 is 0 Å². The Morgan fingerprint density at radius 3 is 2.33 bits per heavy atom. The minimum atomic E-state index is -0.585. The van der Waals surface area contributed by atoms with Crippen LogP contribution in [0.4, 0.5) is 0 Å².